The third-order valence-electron chi connectivity index (χ3n) is 4.19. The van der Waals surface area contributed by atoms with Crippen molar-refractivity contribution in [3.8, 4) is 17.2 Å². The zero-order valence-electron chi connectivity index (χ0n) is 14.9. The lowest BCUT2D eigenvalue weighted by Gasteiger charge is -2.05. The highest BCUT2D eigenvalue weighted by Crippen LogP contribution is 2.38. The molecule has 8 nitrogen and oxygen atoms in total. The molecule has 0 saturated heterocycles. The number of tetrazole rings is 1. The number of fused-ring (bicyclic) bond motifs is 1. The van der Waals surface area contributed by atoms with E-state index in [1.54, 1.807) is 23.0 Å². The second-order valence-electron chi connectivity index (χ2n) is 6.14. The van der Waals surface area contributed by atoms with Gasteiger partial charge in [-0.3, -0.25) is 9.79 Å². The van der Waals surface area contributed by atoms with Gasteiger partial charge in [0.15, 0.2) is 23.1 Å². The molecular weight excluding hydrogens is 346 g/mol. The maximum absolute atomic E-state index is 11.9. The Labute approximate surface area is 155 Å². The average molecular weight is 363 g/mol. The van der Waals surface area contributed by atoms with Crippen LogP contribution in [0, 0.1) is 6.92 Å². The first-order valence-corrected chi connectivity index (χ1v) is 8.43. The first-order valence-electron chi connectivity index (χ1n) is 8.43. The van der Waals surface area contributed by atoms with Gasteiger partial charge in [-0.25, -0.2) is 0 Å². The predicted molar refractivity (Wildman–Crippen MR) is 98.3 cm³/mol. The molecule has 0 radical (unpaired) electrons. The van der Waals surface area contributed by atoms with E-state index in [9.17, 15) is 4.79 Å². The van der Waals surface area contributed by atoms with E-state index in [2.05, 4.69) is 20.5 Å². The highest BCUT2D eigenvalue weighted by molar-refractivity contribution is 6.00. The topological polar surface area (TPSA) is 91.5 Å². The number of rotatable bonds is 5. The maximum atomic E-state index is 11.9. The van der Waals surface area contributed by atoms with Crippen molar-refractivity contribution in [1.29, 1.82) is 0 Å². The van der Waals surface area contributed by atoms with Crippen molar-refractivity contribution in [2.24, 2.45) is 4.99 Å². The molecule has 27 heavy (non-hydrogen) atoms. The molecule has 0 N–H and O–H groups in total. The van der Waals surface area contributed by atoms with Gasteiger partial charge in [0.05, 0.1) is 11.4 Å². The van der Waals surface area contributed by atoms with Gasteiger partial charge in [0.25, 0.3) is 0 Å². The van der Waals surface area contributed by atoms with Gasteiger partial charge in [-0.15, -0.1) is 5.10 Å². The molecule has 0 spiro atoms. The molecule has 0 saturated carbocycles. The van der Waals surface area contributed by atoms with Crippen molar-refractivity contribution < 1.29 is 14.3 Å². The number of ketones is 1. The lowest BCUT2D eigenvalue weighted by Crippen LogP contribution is -2.04. The summed E-state index contributed by atoms with van der Waals surface area (Å²) in [5.41, 5.74) is 3.05. The van der Waals surface area contributed by atoms with Gasteiger partial charge < -0.3 is 9.47 Å². The van der Waals surface area contributed by atoms with E-state index < -0.39 is 0 Å². The van der Waals surface area contributed by atoms with E-state index in [0.29, 0.717) is 35.0 Å². The lowest BCUT2D eigenvalue weighted by atomic mass is 10.1. The van der Waals surface area contributed by atoms with Crippen LogP contribution in [-0.2, 0) is 6.42 Å². The SMILES string of the molecule is CC(=O)c1cc2c(cc1N=CCc1nnnn1-c1ccc(C)cc1)OCO2. The first-order chi connectivity index (χ1) is 13.1. The van der Waals surface area contributed by atoms with Crippen LogP contribution in [0.5, 0.6) is 11.5 Å². The van der Waals surface area contributed by atoms with Gasteiger partial charge in [0.2, 0.25) is 6.79 Å². The Morgan fingerprint density at radius 3 is 2.70 bits per heavy atom. The van der Waals surface area contributed by atoms with Crippen molar-refractivity contribution in [1.82, 2.24) is 20.2 Å². The molecule has 0 fully saturated rings. The summed E-state index contributed by atoms with van der Waals surface area (Å²) < 4.78 is 12.4. The number of aliphatic imine (C=N–C) groups is 1. The van der Waals surface area contributed by atoms with Crippen LogP contribution >= 0.6 is 0 Å². The summed E-state index contributed by atoms with van der Waals surface area (Å²) in [6.45, 7) is 3.66. The molecule has 0 unspecified atom stereocenters. The van der Waals surface area contributed by atoms with Crippen molar-refractivity contribution in [2.45, 2.75) is 20.3 Å². The minimum Gasteiger partial charge on any atom is -0.454 e. The molecule has 0 atom stereocenters. The fraction of sp³-hybridized carbons (Fsp3) is 0.211. The molecule has 136 valence electrons. The van der Waals surface area contributed by atoms with Gasteiger partial charge in [0.1, 0.15) is 0 Å². The zero-order valence-corrected chi connectivity index (χ0v) is 14.9. The number of aryl methyl sites for hydroxylation is 1. The summed E-state index contributed by atoms with van der Waals surface area (Å²) in [5, 5.41) is 11.8. The Hall–Kier alpha value is -3.55. The molecule has 1 aromatic heterocycles. The molecule has 0 aliphatic carbocycles. The number of hydrogen-bond donors (Lipinski definition) is 0. The molecule has 2 aromatic carbocycles. The number of benzene rings is 2. The van der Waals surface area contributed by atoms with Crippen LogP contribution in [0.15, 0.2) is 41.4 Å². The highest BCUT2D eigenvalue weighted by Gasteiger charge is 2.19. The molecule has 1 aliphatic heterocycles. The minimum atomic E-state index is -0.0926. The highest BCUT2D eigenvalue weighted by atomic mass is 16.7. The molecular formula is C19H17N5O3. The third kappa shape index (κ3) is 3.41. The standard InChI is InChI=1S/C19H17N5O3/c1-12-3-5-14(6-4-12)24-19(21-22-23-24)7-8-20-16-10-18-17(26-11-27-18)9-15(16)13(2)25/h3-6,8-10H,7,11H2,1-2H3. The normalized spacial score (nSPS) is 12.7. The molecule has 2 heterocycles. The van der Waals surface area contributed by atoms with Crippen LogP contribution in [-0.4, -0.2) is 39.0 Å². The molecule has 0 amide bonds. The maximum Gasteiger partial charge on any atom is 0.231 e. The second-order valence-corrected chi connectivity index (χ2v) is 6.14. The number of aromatic nitrogens is 4. The number of nitrogens with zero attached hydrogens (tertiary/aromatic N) is 5. The van der Waals surface area contributed by atoms with E-state index in [1.807, 2.05) is 31.2 Å². The third-order valence-corrected chi connectivity index (χ3v) is 4.19. The van der Waals surface area contributed by atoms with Crippen molar-refractivity contribution >= 4 is 17.7 Å². The number of hydrogen-bond acceptors (Lipinski definition) is 7. The number of Topliss-reactive ketones (excluding diaryl/α,β-unsaturated/α-hetero) is 1. The molecule has 0 bridgehead atoms. The Morgan fingerprint density at radius 1 is 1.22 bits per heavy atom. The van der Waals surface area contributed by atoms with Crippen LogP contribution in [0.1, 0.15) is 28.7 Å². The Kier molecular flexibility index (Phi) is 4.37. The number of ether oxygens (including phenoxy) is 2. The molecule has 3 aromatic rings. The number of carbonyl (C=O) groups is 1. The summed E-state index contributed by atoms with van der Waals surface area (Å²) in [4.78, 5) is 16.4. The Bertz CT molecular complexity index is 1020. The minimum absolute atomic E-state index is 0.0926. The lowest BCUT2D eigenvalue weighted by molar-refractivity contribution is 0.101. The van der Waals surface area contributed by atoms with Gasteiger partial charge in [-0.1, -0.05) is 17.7 Å². The molecule has 4 rings (SSSR count). The molecule has 1 aliphatic rings. The monoisotopic (exact) mass is 363 g/mol. The van der Waals surface area contributed by atoms with E-state index in [0.717, 1.165) is 11.3 Å². The van der Waals surface area contributed by atoms with Crippen LogP contribution in [0.3, 0.4) is 0 Å². The summed E-state index contributed by atoms with van der Waals surface area (Å²) in [6.07, 6.45) is 2.09. The first kappa shape index (κ1) is 16.9. The van der Waals surface area contributed by atoms with Crippen molar-refractivity contribution in [3.63, 3.8) is 0 Å². The van der Waals surface area contributed by atoms with Gasteiger partial charge in [0, 0.05) is 24.3 Å². The Morgan fingerprint density at radius 2 is 1.96 bits per heavy atom. The van der Waals surface area contributed by atoms with E-state index >= 15 is 0 Å². The van der Waals surface area contributed by atoms with Crippen molar-refractivity contribution in [2.75, 3.05) is 6.79 Å². The van der Waals surface area contributed by atoms with Gasteiger partial charge in [-0.2, -0.15) is 4.68 Å². The summed E-state index contributed by atoms with van der Waals surface area (Å²) in [5.74, 6) is 1.69. The quantitative estimate of drug-likeness (QED) is 0.511. The second kappa shape index (κ2) is 6.99. The van der Waals surface area contributed by atoms with Gasteiger partial charge >= 0.3 is 0 Å². The van der Waals surface area contributed by atoms with E-state index in [4.69, 9.17) is 9.47 Å². The fourth-order valence-corrected chi connectivity index (χ4v) is 2.77. The smallest absolute Gasteiger partial charge is 0.231 e. The van der Waals surface area contributed by atoms with Crippen LogP contribution in [0.2, 0.25) is 0 Å². The van der Waals surface area contributed by atoms with Crippen LogP contribution in [0.4, 0.5) is 5.69 Å². The van der Waals surface area contributed by atoms with E-state index in [1.165, 1.54) is 6.92 Å². The Balaban J connectivity index is 1.58. The van der Waals surface area contributed by atoms with Crippen LogP contribution < -0.4 is 9.47 Å². The summed E-state index contributed by atoms with van der Waals surface area (Å²) in [6, 6.07) is 11.3. The zero-order chi connectivity index (χ0) is 18.8. The number of carbonyl (C=O) groups excluding carboxylic acids is 1. The fourth-order valence-electron chi connectivity index (χ4n) is 2.77. The van der Waals surface area contributed by atoms with Gasteiger partial charge in [-0.05, 0) is 42.5 Å². The van der Waals surface area contributed by atoms with E-state index in [-0.39, 0.29) is 12.6 Å². The summed E-state index contributed by atoms with van der Waals surface area (Å²) in [7, 11) is 0. The average Bonchev–Trinajstić information content (AvgIpc) is 3.30. The van der Waals surface area contributed by atoms with Crippen LogP contribution in [0.25, 0.3) is 5.69 Å². The predicted octanol–water partition coefficient (Wildman–Crippen LogP) is 2.85. The summed E-state index contributed by atoms with van der Waals surface area (Å²) >= 11 is 0. The van der Waals surface area contributed by atoms with Crippen molar-refractivity contribution in [3.05, 3.63) is 53.3 Å². The largest absolute Gasteiger partial charge is 0.454 e. The molecule has 8 heteroatoms.